The van der Waals surface area contributed by atoms with Crippen molar-refractivity contribution in [1.29, 1.82) is 0 Å². The van der Waals surface area contributed by atoms with E-state index in [1.54, 1.807) is 0 Å². The number of piperazine rings is 1. The Bertz CT molecular complexity index is 1210. The van der Waals surface area contributed by atoms with Gasteiger partial charge >= 0.3 is 0 Å². The summed E-state index contributed by atoms with van der Waals surface area (Å²) in [4.78, 5) is 9.44. The van der Waals surface area contributed by atoms with Gasteiger partial charge in [0.1, 0.15) is 5.52 Å². The third kappa shape index (κ3) is 3.50. The lowest BCUT2D eigenvalue weighted by Crippen LogP contribution is -2.47. The van der Waals surface area contributed by atoms with Gasteiger partial charge in [0, 0.05) is 54.8 Å². The highest BCUT2D eigenvalue weighted by molar-refractivity contribution is 6.30. The molecule has 3 heterocycles. The van der Waals surface area contributed by atoms with Crippen molar-refractivity contribution < 1.29 is 0 Å². The van der Waals surface area contributed by atoms with Crippen molar-refractivity contribution >= 4 is 28.6 Å². The molecule has 0 N–H and O–H groups in total. The zero-order chi connectivity index (χ0) is 20.7. The summed E-state index contributed by atoms with van der Waals surface area (Å²) < 4.78 is 1.94. The summed E-state index contributed by atoms with van der Waals surface area (Å²) in [6.45, 7) is 7.93. The number of anilines is 2. The van der Waals surface area contributed by atoms with Crippen LogP contribution < -0.4 is 9.80 Å². The molecule has 4 aromatic rings. The highest BCUT2D eigenvalue weighted by Gasteiger charge is 2.21. The SMILES string of the molecule is Cc1ccc(-c2cc3c(N4CCN(c5cccc(Cl)c5)CC4)nccn3n2)c(C)c1. The fourth-order valence-electron chi connectivity index (χ4n) is 4.23. The lowest BCUT2D eigenvalue weighted by Gasteiger charge is -2.36. The molecule has 0 spiro atoms. The van der Waals surface area contributed by atoms with Crippen LogP contribution in [0.3, 0.4) is 0 Å². The van der Waals surface area contributed by atoms with Crippen molar-refractivity contribution in [3.05, 3.63) is 77.1 Å². The van der Waals surface area contributed by atoms with Crippen LogP contribution in [0.2, 0.25) is 5.02 Å². The summed E-state index contributed by atoms with van der Waals surface area (Å²) in [5.74, 6) is 0.992. The first-order valence-electron chi connectivity index (χ1n) is 10.3. The highest BCUT2D eigenvalue weighted by atomic mass is 35.5. The summed E-state index contributed by atoms with van der Waals surface area (Å²) >= 11 is 6.17. The topological polar surface area (TPSA) is 36.7 Å². The van der Waals surface area contributed by atoms with Gasteiger partial charge in [-0.3, -0.25) is 0 Å². The van der Waals surface area contributed by atoms with E-state index in [1.807, 2.05) is 35.1 Å². The summed E-state index contributed by atoms with van der Waals surface area (Å²) in [5, 5.41) is 5.60. The Balaban J connectivity index is 1.42. The predicted molar refractivity (Wildman–Crippen MR) is 124 cm³/mol. The third-order valence-electron chi connectivity index (χ3n) is 5.78. The molecule has 2 aromatic heterocycles. The van der Waals surface area contributed by atoms with Gasteiger partial charge in [-0.2, -0.15) is 5.10 Å². The van der Waals surface area contributed by atoms with Crippen LogP contribution in [0.25, 0.3) is 16.8 Å². The number of hydrogen-bond acceptors (Lipinski definition) is 4. The molecule has 0 amide bonds. The predicted octanol–water partition coefficient (Wildman–Crippen LogP) is 4.99. The van der Waals surface area contributed by atoms with Crippen LogP contribution >= 0.6 is 11.6 Å². The quantitative estimate of drug-likeness (QED) is 0.470. The number of hydrogen-bond donors (Lipinski definition) is 0. The lowest BCUT2D eigenvalue weighted by atomic mass is 10.0. The number of rotatable bonds is 3. The fourth-order valence-corrected chi connectivity index (χ4v) is 4.42. The monoisotopic (exact) mass is 417 g/mol. The number of fused-ring (bicyclic) bond motifs is 1. The van der Waals surface area contributed by atoms with Crippen LogP contribution in [0.1, 0.15) is 11.1 Å². The molecule has 2 aromatic carbocycles. The first-order chi connectivity index (χ1) is 14.6. The minimum atomic E-state index is 0.777. The van der Waals surface area contributed by atoms with Crippen molar-refractivity contribution in [2.75, 3.05) is 36.0 Å². The minimum Gasteiger partial charge on any atom is -0.368 e. The maximum absolute atomic E-state index is 6.17. The fraction of sp³-hybridized carbons (Fsp3) is 0.250. The second kappa shape index (κ2) is 7.65. The van der Waals surface area contributed by atoms with Gasteiger partial charge in [0.25, 0.3) is 0 Å². The van der Waals surface area contributed by atoms with Crippen LogP contribution in [-0.4, -0.2) is 40.8 Å². The molecule has 6 heteroatoms. The van der Waals surface area contributed by atoms with Crippen LogP contribution in [0, 0.1) is 13.8 Å². The van der Waals surface area contributed by atoms with E-state index < -0.39 is 0 Å². The molecule has 0 aliphatic carbocycles. The smallest absolute Gasteiger partial charge is 0.154 e. The molecule has 1 aliphatic heterocycles. The van der Waals surface area contributed by atoms with E-state index in [9.17, 15) is 0 Å². The lowest BCUT2D eigenvalue weighted by molar-refractivity contribution is 0.647. The maximum atomic E-state index is 6.17. The third-order valence-corrected chi connectivity index (χ3v) is 6.02. The Hall–Kier alpha value is -3.05. The molecule has 0 unspecified atom stereocenters. The molecule has 1 saturated heterocycles. The van der Waals surface area contributed by atoms with Crippen LogP contribution in [0.4, 0.5) is 11.5 Å². The minimum absolute atomic E-state index is 0.777. The van der Waals surface area contributed by atoms with Gasteiger partial charge in [-0.15, -0.1) is 0 Å². The van der Waals surface area contributed by atoms with E-state index in [0.29, 0.717) is 0 Å². The summed E-state index contributed by atoms with van der Waals surface area (Å²) in [6, 6.07) is 16.7. The molecule has 0 bridgehead atoms. The van der Waals surface area contributed by atoms with Crippen molar-refractivity contribution in [2.45, 2.75) is 13.8 Å². The van der Waals surface area contributed by atoms with Crippen molar-refractivity contribution in [3.8, 4) is 11.3 Å². The number of benzene rings is 2. The molecule has 0 atom stereocenters. The molecule has 5 rings (SSSR count). The standard InChI is InChI=1S/C24H24ClN5/c1-17-6-7-21(18(2)14-17)22-16-23-24(26-8-9-30(23)27-22)29-12-10-28(11-13-29)20-5-3-4-19(25)15-20/h3-9,14-16H,10-13H2,1-2H3. The molecule has 0 radical (unpaired) electrons. The van der Waals surface area contributed by atoms with Crippen LogP contribution in [0.15, 0.2) is 60.9 Å². The average molecular weight is 418 g/mol. The Kier molecular flexibility index (Phi) is 4.83. The molecule has 1 fully saturated rings. The second-order valence-electron chi connectivity index (χ2n) is 7.88. The largest absolute Gasteiger partial charge is 0.368 e. The number of nitrogens with zero attached hydrogens (tertiary/aromatic N) is 5. The molecule has 0 saturated carbocycles. The van der Waals surface area contributed by atoms with Gasteiger partial charge in [0.05, 0.1) is 5.69 Å². The highest BCUT2D eigenvalue weighted by Crippen LogP contribution is 2.29. The second-order valence-corrected chi connectivity index (χ2v) is 8.32. The summed E-state index contributed by atoms with van der Waals surface area (Å²) in [7, 11) is 0. The number of aromatic nitrogens is 3. The average Bonchev–Trinajstić information content (AvgIpc) is 3.18. The Morgan fingerprint density at radius 2 is 1.70 bits per heavy atom. The summed E-state index contributed by atoms with van der Waals surface area (Å²) in [6.07, 6.45) is 3.76. The zero-order valence-electron chi connectivity index (χ0n) is 17.2. The van der Waals surface area contributed by atoms with E-state index >= 15 is 0 Å². The summed E-state index contributed by atoms with van der Waals surface area (Å²) in [5.41, 5.74) is 6.88. The van der Waals surface area contributed by atoms with E-state index in [2.05, 4.69) is 54.0 Å². The molecular weight excluding hydrogens is 394 g/mol. The van der Waals surface area contributed by atoms with Gasteiger partial charge in [-0.25, -0.2) is 9.50 Å². The van der Waals surface area contributed by atoms with E-state index in [-0.39, 0.29) is 0 Å². The van der Waals surface area contributed by atoms with Crippen LogP contribution in [-0.2, 0) is 0 Å². The van der Waals surface area contributed by atoms with Gasteiger partial charge in [-0.05, 0) is 43.7 Å². The Labute approximate surface area is 181 Å². The number of halogens is 1. The van der Waals surface area contributed by atoms with E-state index in [1.165, 1.54) is 22.4 Å². The van der Waals surface area contributed by atoms with Gasteiger partial charge in [0.15, 0.2) is 5.82 Å². The molecule has 30 heavy (non-hydrogen) atoms. The normalized spacial score (nSPS) is 14.5. The molecular formula is C24H24ClN5. The Morgan fingerprint density at radius 1 is 0.900 bits per heavy atom. The van der Waals surface area contributed by atoms with Gasteiger partial charge in [-0.1, -0.05) is 41.4 Å². The van der Waals surface area contributed by atoms with Crippen molar-refractivity contribution in [3.63, 3.8) is 0 Å². The zero-order valence-corrected chi connectivity index (χ0v) is 18.0. The Morgan fingerprint density at radius 3 is 2.47 bits per heavy atom. The van der Waals surface area contributed by atoms with E-state index in [0.717, 1.165) is 48.2 Å². The first kappa shape index (κ1) is 18.9. The molecule has 5 nitrogen and oxygen atoms in total. The van der Waals surface area contributed by atoms with Crippen molar-refractivity contribution in [2.24, 2.45) is 0 Å². The number of aryl methyl sites for hydroxylation is 2. The van der Waals surface area contributed by atoms with Gasteiger partial charge in [0.2, 0.25) is 0 Å². The molecule has 1 aliphatic rings. The van der Waals surface area contributed by atoms with Crippen LogP contribution in [0.5, 0.6) is 0 Å². The van der Waals surface area contributed by atoms with Crippen molar-refractivity contribution in [1.82, 2.24) is 14.6 Å². The van der Waals surface area contributed by atoms with E-state index in [4.69, 9.17) is 21.7 Å². The first-order valence-corrected chi connectivity index (χ1v) is 10.6. The van der Waals surface area contributed by atoms with Gasteiger partial charge < -0.3 is 9.80 Å². The maximum Gasteiger partial charge on any atom is 0.154 e. The molecule has 152 valence electrons.